The summed E-state index contributed by atoms with van der Waals surface area (Å²) in [5, 5.41) is 2.90. The molecule has 5 heteroatoms. The third-order valence-corrected chi connectivity index (χ3v) is 3.07. The highest BCUT2D eigenvalue weighted by Crippen LogP contribution is 2.27. The predicted molar refractivity (Wildman–Crippen MR) is 77.8 cm³/mol. The van der Waals surface area contributed by atoms with Crippen LogP contribution >= 0.6 is 12.2 Å². The van der Waals surface area contributed by atoms with Crippen LogP contribution in [0.15, 0.2) is 24.4 Å². The van der Waals surface area contributed by atoms with Crippen molar-refractivity contribution < 1.29 is 8.78 Å². The molecule has 0 aromatic heterocycles. The lowest BCUT2D eigenvalue weighted by molar-refractivity contribution is 0.495. The predicted octanol–water partition coefficient (Wildman–Crippen LogP) is 3.37. The standard InChI is InChI=1S/C14H18F2N2S/c1-3-10-11(6-7-12(15)13(10)16)9(2)5-4-8-18-14(17)19/h4,6-9H,3,5H2,1-2H3,(H3,17,18,19)/b8-4+. The molecule has 0 saturated heterocycles. The Morgan fingerprint density at radius 1 is 1.47 bits per heavy atom. The molecule has 19 heavy (non-hydrogen) atoms. The Balaban J connectivity index is 2.82. The Morgan fingerprint density at radius 2 is 2.16 bits per heavy atom. The van der Waals surface area contributed by atoms with Crippen LogP contribution in [0.2, 0.25) is 0 Å². The highest BCUT2D eigenvalue weighted by molar-refractivity contribution is 7.80. The molecule has 1 aromatic rings. The molecular formula is C14H18F2N2S. The summed E-state index contributed by atoms with van der Waals surface area (Å²) in [5.41, 5.74) is 6.56. The van der Waals surface area contributed by atoms with Gasteiger partial charge in [-0.05, 0) is 54.4 Å². The molecule has 0 aliphatic heterocycles. The fourth-order valence-electron chi connectivity index (χ4n) is 1.97. The summed E-state index contributed by atoms with van der Waals surface area (Å²) in [6.07, 6.45) is 4.68. The third kappa shape index (κ3) is 4.28. The van der Waals surface area contributed by atoms with Crippen molar-refractivity contribution in [1.29, 1.82) is 0 Å². The average molecular weight is 284 g/mol. The van der Waals surface area contributed by atoms with Gasteiger partial charge in [0, 0.05) is 0 Å². The van der Waals surface area contributed by atoms with Crippen molar-refractivity contribution >= 4 is 17.3 Å². The summed E-state index contributed by atoms with van der Waals surface area (Å²) in [7, 11) is 0. The number of benzene rings is 1. The molecule has 0 heterocycles. The number of allylic oxidation sites excluding steroid dienone is 1. The van der Waals surface area contributed by atoms with E-state index in [1.54, 1.807) is 12.3 Å². The summed E-state index contributed by atoms with van der Waals surface area (Å²) in [5.74, 6) is -1.44. The molecule has 0 radical (unpaired) electrons. The van der Waals surface area contributed by atoms with Crippen molar-refractivity contribution in [3.63, 3.8) is 0 Å². The van der Waals surface area contributed by atoms with Crippen LogP contribution in [-0.4, -0.2) is 5.11 Å². The van der Waals surface area contributed by atoms with Gasteiger partial charge in [-0.15, -0.1) is 0 Å². The van der Waals surface area contributed by atoms with Crippen LogP contribution in [0.25, 0.3) is 0 Å². The van der Waals surface area contributed by atoms with Gasteiger partial charge in [0.2, 0.25) is 0 Å². The van der Waals surface area contributed by atoms with Gasteiger partial charge in [-0.1, -0.05) is 26.0 Å². The van der Waals surface area contributed by atoms with E-state index in [4.69, 9.17) is 5.73 Å². The first-order chi connectivity index (χ1) is 8.97. The lowest BCUT2D eigenvalue weighted by Crippen LogP contribution is -2.23. The minimum Gasteiger partial charge on any atom is -0.376 e. The molecule has 0 fully saturated rings. The Bertz CT molecular complexity index is 487. The zero-order valence-corrected chi connectivity index (χ0v) is 11.9. The molecule has 1 aromatic carbocycles. The Hall–Kier alpha value is -1.49. The van der Waals surface area contributed by atoms with E-state index in [2.05, 4.69) is 17.5 Å². The molecule has 0 bridgehead atoms. The van der Waals surface area contributed by atoms with E-state index in [1.807, 2.05) is 19.9 Å². The second-order valence-electron chi connectivity index (χ2n) is 4.33. The second-order valence-corrected chi connectivity index (χ2v) is 4.77. The van der Waals surface area contributed by atoms with E-state index in [0.29, 0.717) is 18.4 Å². The van der Waals surface area contributed by atoms with E-state index in [1.165, 1.54) is 6.07 Å². The van der Waals surface area contributed by atoms with Crippen molar-refractivity contribution in [2.45, 2.75) is 32.6 Å². The summed E-state index contributed by atoms with van der Waals surface area (Å²) in [6.45, 7) is 3.79. The zero-order valence-electron chi connectivity index (χ0n) is 11.0. The molecule has 3 N–H and O–H groups in total. The van der Waals surface area contributed by atoms with Gasteiger partial charge >= 0.3 is 0 Å². The van der Waals surface area contributed by atoms with Gasteiger partial charge in [0.15, 0.2) is 16.7 Å². The SMILES string of the molecule is CCc1c(C(C)C/C=C/NC(N)=S)ccc(F)c1F. The van der Waals surface area contributed by atoms with Crippen LogP contribution in [0.4, 0.5) is 8.78 Å². The lowest BCUT2D eigenvalue weighted by atomic mass is 9.91. The van der Waals surface area contributed by atoms with Gasteiger partial charge in [-0.2, -0.15) is 0 Å². The van der Waals surface area contributed by atoms with Gasteiger partial charge in [0.05, 0.1) is 0 Å². The number of hydrogen-bond acceptors (Lipinski definition) is 1. The molecule has 0 aliphatic carbocycles. The number of hydrogen-bond donors (Lipinski definition) is 2. The Morgan fingerprint density at radius 3 is 2.74 bits per heavy atom. The highest BCUT2D eigenvalue weighted by atomic mass is 32.1. The van der Waals surface area contributed by atoms with Gasteiger partial charge in [0.1, 0.15) is 0 Å². The fourth-order valence-corrected chi connectivity index (χ4v) is 2.04. The fraction of sp³-hybridized carbons (Fsp3) is 0.357. The lowest BCUT2D eigenvalue weighted by Gasteiger charge is -2.15. The van der Waals surface area contributed by atoms with Crippen molar-refractivity contribution in [1.82, 2.24) is 5.32 Å². The van der Waals surface area contributed by atoms with Crippen LogP contribution in [0.5, 0.6) is 0 Å². The molecule has 0 aliphatic rings. The normalized spacial score (nSPS) is 12.6. The van der Waals surface area contributed by atoms with E-state index < -0.39 is 11.6 Å². The molecular weight excluding hydrogens is 266 g/mol. The third-order valence-electron chi connectivity index (χ3n) is 2.95. The summed E-state index contributed by atoms with van der Waals surface area (Å²) >= 11 is 4.66. The minimum absolute atomic E-state index is 0.0921. The molecule has 0 spiro atoms. The molecule has 0 saturated carbocycles. The first kappa shape index (κ1) is 15.6. The van der Waals surface area contributed by atoms with Crippen LogP contribution in [-0.2, 0) is 6.42 Å². The Labute approximate surface area is 117 Å². The van der Waals surface area contributed by atoms with Gasteiger partial charge in [-0.25, -0.2) is 8.78 Å². The van der Waals surface area contributed by atoms with Crippen molar-refractivity contribution in [3.8, 4) is 0 Å². The number of rotatable bonds is 5. The van der Waals surface area contributed by atoms with Crippen LogP contribution in [0.1, 0.15) is 37.3 Å². The maximum absolute atomic E-state index is 13.7. The average Bonchev–Trinajstić information content (AvgIpc) is 2.37. The maximum atomic E-state index is 13.7. The van der Waals surface area contributed by atoms with Crippen LogP contribution in [0.3, 0.4) is 0 Å². The number of thiocarbonyl (C=S) groups is 1. The van der Waals surface area contributed by atoms with Crippen molar-refractivity contribution in [2.75, 3.05) is 0 Å². The summed E-state index contributed by atoms with van der Waals surface area (Å²) in [4.78, 5) is 0. The highest BCUT2D eigenvalue weighted by Gasteiger charge is 2.15. The van der Waals surface area contributed by atoms with Crippen molar-refractivity contribution in [3.05, 3.63) is 47.2 Å². The molecule has 1 unspecified atom stereocenters. The Kier molecular flexibility index (Phi) is 5.89. The largest absolute Gasteiger partial charge is 0.376 e. The number of nitrogens with one attached hydrogen (secondary N) is 1. The number of halogens is 2. The topological polar surface area (TPSA) is 38.0 Å². The zero-order chi connectivity index (χ0) is 14.4. The van der Waals surface area contributed by atoms with Crippen molar-refractivity contribution in [2.24, 2.45) is 5.73 Å². The molecule has 2 nitrogen and oxygen atoms in total. The maximum Gasteiger partial charge on any atom is 0.167 e. The quantitative estimate of drug-likeness (QED) is 0.814. The smallest absolute Gasteiger partial charge is 0.167 e. The molecule has 0 amide bonds. The van der Waals surface area contributed by atoms with E-state index in [-0.39, 0.29) is 11.0 Å². The van der Waals surface area contributed by atoms with Gasteiger partial charge < -0.3 is 11.1 Å². The van der Waals surface area contributed by atoms with E-state index in [9.17, 15) is 8.78 Å². The van der Waals surface area contributed by atoms with Gasteiger partial charge in [0.25, 0.3) is 0 Å². The molecule has 104 valence electrons. The van der Waals surface area contributed by atoms with Gasteiger partial charge in [-0.3, -0.25) is 0 Å². The summed E-state index contributed by atoms with van der Waals surface area (Å²) < 4.78 is 26.9. The number of nitrogens with two attached hydrogens (primary N) is 1. The monoisotopic (exact) mass is 284 g/mol. The summed E-state index contributed by atoms with van der Waals surface area (Å²) in [6, 6.07) is 2.83. The second kappa shape index (κ2) is 7.19. The van der Waals surface area contributed by atoms with Crippen LogP contribution < -0.4 is 11.1 Å². The van der Waals surface area contributed by atoms with Crippen LogP contribution in [0, 0.1) is 11.6 Å². The minimum atomic E-state index is -0.793. The first-order valence-corrected chi connectivity index (χ1v) is 6.55. The first-order valence-electron chi connectivity index (χ1n) is 6.15. The molecule has 1 rings (SSSR count). The van der Waals surface area contributed by atoms with E-state index in [0.717, 1.165) is 5.56 Å². The molecule has 1 atom stereocenters. The van der Waals surface area contributed by atoms with E-state index >= 15 is 0 Å².